The van der Waals surface area contributed by atoms with E-state index in [0.29, 0.717) is 24.7 Å². The molecule has 1 heterocycles. The number of hydrogen-bond donors (Lipinski definition) is 1. The number of carbonyl (C=O) groups excluding carboxylic acids is 1. The van der Waals surface area contributed by atoms with Gasteiger partial charge in [0.25, 0.3) is 0 Å². The molecule has 27 heavy (non-hydrogen) atoms. The first kappa shape index (κ1) is 23.7. The molecule has 0 aliphatic carbocycles. The minimum atomic E-state index is -3.18. The summed E-state index contributed by atoms with van der Waals surface area (Å²) in [5, 5.41) is 0. The maximum atomic E-state index is 12.3. The molecule has 1 saturated heterocycles. The highest BCUT2D eigenvalue weighted by Gasteiger charge is 2.25. The summed E-state index contributed by atoms with van der Waals surface area (Å²) in [6.07, 6.45) is 5.41. The van der Waals surface area contributed by atoms with E-state index in [9.17, 15) is 13.2 Å². The second-order valence-corrected chi connectivity index (χ2v) is 9.17. The van der Waals surface area contributed by atoms with E-state index in [1.54, 1.807) is 24.3 Å². The molecule has 1 aliphatic heterocycles. The van der Waals surface area contributed by atoms with Gasteiger partial charge in [0.05, 0.1) is 11.5 Å². The van der Waals surface area contributed by atoms with Gasteiger partial charge in [-0.1, -0.05) is 0 Å². The molecule has 0 saturated carbocycles. The predicted molar refractivity (Wildman–Crippen MR) is 109 cm³/mol. The average Bonchev–Trinajstić information content (AvgIpc) is 2.61. The van der Waals surface area contributed by atoms with Crippen LogP contribution in [0.4, 0.5) is 0 Å². The van der Waals surface area contributed by atoms with Crippen LogP contribution in [0.15, 0.2) is 29.2 Å². The number of benzene rings is 1. The third-order valence-corrected chi connectivity index (χ3v) is 5.99. The summed E-state index contributed by atoms with van der Waals surface area (Å²) < 4.78 is 28.4. The molecule has 1 aliphatic rings. The van der Waals surface area contributed by atoms with Crippen molar-refractivity contribution in [2.45, 2.75) is 50.0 Å². The lowest BCUT2D eigenvalue weighted by Crippen LogP contribution is -2.45. The number of unbranched alkanes of at least 4 members (excludes halogenated alkanes) is 1. The Morgan fingerprint density at radius 2 is 1.96 bits per heavy atom. The van der Waals surface area contributed by atoms with Crippen LogP contribution >= 0.6 is 12.4 Å². The fraction of sp³-hybridized carbons (Fsp3) is 0.632. The zero-order valence-corrected chi connectivity index (χ0v) is 17.7. The fourth-order valence-corrected chi connectivity index (χ4v) is 3.81. The standard InChI is InChI=1S/C19H30N2O4S.ClH/c1-15(20)16-6-5-12-21(14-16)19(22)7-3-4-13-25-17-8-10-18(11-9-17)26(2,23)24;/h8-11,15-16H,3-7,12-14,20H2,1-2H3;1H. The van der Waals surface area contributed by atoms with Gasteiger partial charge in [-0.3, -0.25) is 4.79 Å². The number of rotatable bonds is 8. The molecule has 2 N–H and O–H groups in total. The van der Waals surface area contributed by atoms with E-state index in [4.69, 9.17) is 10.5 Å². The average molecular weight is 419 g/mol. The van der Waals surface area contributed by atoms with Gasteiger partial charge in [0, 0.05) is 31.8 Å². The second-order valence-electron chi connectivity index (χ2n) is 7.15. The number of likely N-dealkylation sites (tertiary alicyclic amines) is 1. The number of hydrogen-bond acceptors (Lipinski definition) is 5. The lowest BCUT2D eigenvalue weighted by atomic mass is 9.92. The molecule has 154 valence electrons. The molecule has 8 heteroatoms. The smallest absolute Gasteiger partial charge is 0.222 e. The van der Waals surface area contributed by atoms with E-state index in [-0.39, 0.29) is 29.3 Å². The number of nitrogens with two attached hydrogens (primary N) is 1. The van der Waals surface area contributed by atoms with Crippen molar-refractivity contribution in [1.82, 2.24) is 4.90 Å². The van der Waals surface area contributed by atoms with E-state index in [0.717, 1.165) is 38.8 Å². The summed E-state index contributed by atoms with van der Waals surface area (Å²) in [7, 11) is -3.18. The van der Waals surface area contributed by atoms with E-state index in [1.165, 1.54) is 6.26 Å². The Bertz CT molecular complexity index is 692. The van der Waals surface area contributed by atoms with Gasteiger partial charge < -0.3 is 15.4 Å². The maximum absolute atomic E-state index is 12.3. The highest BCUT2D eigenvalue weighted by atomic mass is 35.5. The van der Waals surface area contributed by atoms with E-state index >= 15 is 0 Å². The van der Waals surface area contributed by atoms with Crippen molar-refractivity contribution in [2.24, 2.45) is 11.7 Å². The lowest BCUT2D eigenvalue weighted by molar-refractivity contribution is -0.133. The van der Waals surface area contributed by atoms with Crippen molar-refractivity contribution < 1.29 is 17.9 Å². The quantitative estimate of drug-likeness (QED) is 0.655. The van der Waals surface area contributed by atoms with Crippen LogP contribution in [0, 0.1) is 5.92 Å². The van der Waals surface area contributed by atoms with Gasteiger partial charge in [-0.05, 0) is 62.8 Å². The van der Waals surface area contributed by atoms with Crippen LogP contribution in [0.25, 0.3) is 0 Å². The molecule has 2 rings (SSSR count). The van der Waals surface area contributed by atoms with Gasteiger partial charge in [0.15, 0.2) is 9.84 Å². The van der Waals surface area contributed by atoms with Gasteiger partial charge in [0.1, 0.15) is 5.75 Å². The molecule has 0 aromatic heterocycles. The zero-order chi connectivity index (χ0) is 19.2. The molecule has 1 fully saturated rings. The van der Waals surface area contributed by atoms with Crippen molar-refractivity contribution >= 4 is 28.2 Å². The highest BCUT2D eigenvalue weighted by molar-refractivity contribution is 7.90. The predicted octanol–water partition coefficient (Wildman–Crippen LogP) is 2.65. The maximum Gasteiger partial charge on any atom is 0.222 e. The molecule has 0 radical (unpaired) electrons. The second kappa shape index (κ2) is 10.9. The van der Waals surface area contributed by atoms with E-state index in [2.05, 4.69) is 0 Å². The van der Waals surface area contributed by atoms with Crippen LogP contribution in [0.3, 0.4) is 0 Å². The van der Waals surface area contributed by atoms with Crippen molar-refractivity contribution in [3.8, 4) is 5.75 Å². The molecule has 1 amide bonds. The Kier molecular flexibility index (Phi) is 9.56. The molecular formula is C19H31ClN2O4S. The Morgan fingerprint density at radius 1 is 1.30 bits per heavy atom. The van der Waals surface area contributed by atoms with Gasteiger partial charge >= 0.3 is 0 Å². The van der Waals surface area contributed by atoms with Crippen LogP contribution < -0.4 is 10.5 Å². The number of nitrogens with zero attached hydrogens (tertiary/aromatic N) is 1. The van der Waals surface area contributed by atoms with Crippen LogP contribution in [0.2, 0.25) is 0 Å². The number of halogens is 1. The monoisotopic (exact) mass is 418 g/mol. The van der Waals surface area contributed by atoms with Crippen LogP contribution in [-0.4, -0.2) is 51.2 Å². The molecule has 2 unspecified atom stereocenters. The Labute approximate surface area is 168 Å². The number of piperidine rings is 1. The number of sulfone groups is 1. The summed E-state index contributed by atoms with van der Waals surface area (Å²) in [5.74, 6) is 1.25. The van der Waals surface area contributed by atoms with Crippen LogP contribution in [0.5, 0.6) is 5.75 Å². The number of amides is 1. The molecular weight excluding hydrogens is 388 g/mol. The zero-order valence-electron chi connectivity index (χ0n) is 16.1. The van der Waals surface area contributed by atoms with Gasteiger partial charge in [-0.2, -0.15) is 0 Å². The van der Waals surface area contributed by atoms with Crippen molar-refractivity contribution in [3.63, 3.8) is 0 Å². The van der Waals surface area contributed by atoms with Gasteiger partial charge in [-0.25, -0.2) is 8.42 Å². The summed E-state index contributed by atoms with van der Waals surface area (Å²) in [5.41, 5.74) is 5.97. The van der Waals surface area contributed by atoms with Crippen molar-refractivity contribution in [2.75, 3.05) is 26.0 Å². The van der Waals surface area contributed by atoms with Crippen molar-refractivity contribution in [1.29, 1.82) is 0 Å². The largest absolute Gasteiger partial charge is 0.494 e. The third-order valence-electron chi connectivity index (χ3n) is 4.86. The Balaban J connectivity index is 0.00000364. The lowest BCUT2D eigenvalue weighted by Gasteiger charge is -2.34. The SMILES string of the molecule is CC(N)C1CCCN(C(=O)CCCCOc2ccc(S(C)(=O)=O)cc2)C1.Cl. The van der Waals surface area contributed by atoms with Gasteiger partial charge in [0.2, 0.25) is 5.91 Å². The first-order valence-corrected chi connectivity index (χ1v) is 11.1. The number of carbonyl (C=O) groups is 1. The summed E-state index contributed by atoms with van der Waals surface area (Å²) in [4.78, 5) is 14.5. The summed E-state index contributed by atoms with van der Waals surface area (Å²) in [6.45, 7) is 4.14. The van der Waals surface area contributed by atoms with Crippen molar-refractivity contribution in [3.05, 3.63) is 24.3 Å². The number of ether oxygens (including phenoxy) is 1. The highest BCUT2D eigenvalue weighted by Crippen LogP contribution is 2.20. The first-order chi connectivity index (χ1) is 12.3. The summed E-state index contributed by atoms with van der Waals surface area (Å²) in [6, 6.07) is 6.53. The fourth-order valence-electron chi connectivity index (χ4n) is 3.18. The van der Waals surface area contributed by atoms with E-state index < -0.39 is 9.84 Å². The van der Waals surface area contributed by atoms with Crippen LogP contribution in [0.1, 0.15) is 39.0 Å². The molecule has 1 aromatic carbocycles. The topological polar surface area (TPSA) is 89.7 Å². The molecule has 0 bridgehead atoms. The molecule has 1 aromatic rings. The van der Waals surface area contributed by atoms with E-state index in [1.807, 2.05) is 11.8 Å². The molecule has 6 nitrogen and oxygen atoms in total. The summed E-state index contributed by atoms with van der Waals surface area (Å²) >= 11 is 0. The molecule has 2 atom stereocenters. The minimum Gasteiger partial charge on any atom is -0.494 e. The Morgan fingerprint density at radius 3 is 2.56 bits per heavy atom. The first-order valence-electron chi connectivity index (χ1n) is 9.23. The minimum absolute atomic E-state index is 0. The normalized spacial score (nSPS) is 18.5. The Hall–Kier alpha value is -1.31. The van der Waals surface area contributed by atoms with Crippen LogP contribution in [-0.2, 0) is 14.6 Å². The third kappa shape index (κ3) is 7.68. The van der Waals surface area contributed by atoms with Gasteiger partial charge in [-0.15, -0.1) is 12.4 Å². The molecule has 0 spiro atoms.